The zero-order valence-corrected chi connectivity index (χ0v) is 13.4. The van der Waals surface area contributed by atoms with Gasteiger partial charge in [-0.1, -0.05) is 13.8 Å². The second kappa shape index (κ2) is 5.70. The highest BCUT2D eigenvalue weighted by Crippen LogP contribution is 2.17. The van der Waals surface area contributed by atoms with Gasteiger partial charge >= 0.3 is 0 Å². The van der Waals surface area contributed by atoms with Gasteiger partial charge in [0.25, 0.3) is 5.91 Å². The van der Waals surface area contributed by atoms with Crippen LogP contribution in [0.15, 0.2) is 22.9 Å². The lowest BCUT2D eigenvalue weighted by molar-refractivity contribution is 0.0821. The molecule has 0 aromatic carbocycles. The lowest BCUT2D eigenvalue weighted by Crippen LogP contribution is -2.22. The summed E-state index contributed by atoms with van der Waals surface area (Å²) in [5.41, 5.74) is 0.385. The molecule has 2 aromatic heterocycles. The molecule has 6 nitrogen and oxygen atoms in total. The molecule has 2 rings (SSSR count). The number of halogens is 1. The smallest absolute Gasteiger partial charge is 0.273 e. The van der Waals surface area contributed by atoms with Crippen LogP contribution in [0.3, 0.4) is 0 Å². The van der Waals surface area contributed by atoms with Gasteiger partial charge in [0.05, 0.1) is 0 Å². The Kier molecular flexibility index (Phi) is 4.17. The van der Waals surface area contributed by atoms with Crippen molar-refractivity contribution >= 4 is 21.8 Å². The lowest BCUT2D eigenvalue weighted by atomic mass is 10.2. The van der Waals surface area contributed by atoms with Crippen LogP contribution < -0.4 is 0 Å². The Balaban J connectivity index is 2.40. The van der Waals surface area contributed by atoms with Gasteiger partial charge in [-0.2, -0.15) is 5.10 Å². The first kappa shape index (κ1) is 14.6. The molecule has 0 aliphatic carbocycles. The molecule has 0 atom stereocenters. The van der Waals surface area contributed by atoms with Gasteiger partial charge in [0.1, 0.15) is 10.4 Å². The van der Waals surface area contributed by atoms with Crippen molar-refractivity contribution in [3.05, 3.63) is 34.5 Å². The first-order valence-electron chi connectivity index (χ1n) is 6.20. The maximum absolute atomic E-state index is 11.8. The van der Waals surface area contributed by atoms with Crippen molar-refractivity contribution < 1.29 is 4.79 Å². The van der Waals surface area contributed by atoms with Crippen molar-refractivity contribution in [1.82, 2.24) is 24.6 Å². The summed E-state index contributed by atoms with van der Waals surface area (Å²) in [6, 6.07) is 3.44. The number of carbonyl (C=O) groups is 1. The first-order valence-corrected chi connectivity index (χ1v) is 7.00. The maximum atomic E-state index is 11.8. The largest absolute Gasteiger partial charge is 0.343 e. The number of nitrogens with zero attached hydrogens (tertiary/aromatic N) is 5. The van der Waals surface area contributed by atoms with Crippen LogP contribution in [0.25, 0.3) is 5.82 Å². The summed E-state index contributed by atoms with van der Waals surface area (Å²) in [5, 5.41) is 4.26. The summed E-state index contributed by atoms with van der Waals surface area (Å²) in [4.78, 5) is 22.1. The molecular weight excluding hydrogens is 322 g/mol. The Labute approximate surface area is 126 Å². The van der Waals surface area contributed by atoms with Crippen LogP contribution in [-0.2, 0) is 0 Å². The number of hydrogen-bond acceptors (Lipinski definition) is 4. The summed E-state index contributed by atoms with van der Waals surface area (Å²) in [5.74, 6) is 1.43. The first-order chi connectivity index (χ1) is 9.38. The highest BCUT2D eigenvalue weighted by molar-refractivity contribution is 9.10. The van der Waals surface area contributed by atoms with E-state index in [1.54, 1.807) is 37.1 Å². The Morgan fingerprint density at radius 1 is 1.35 bits per heavy atom. The molecule has 0 N–H and O–H groups in total. The van der Waals surface area contributed by atoms with E-state index in [4.69, 9.17) is 0 Å². The molecule has 0 aliphatic rings. The number of rotatable bonds is 3. The Bertz CT molecular complexity index is 635. The number of hydrogen-bond donors (Lipinski definition) is 0. The normalized spacial score (nSPS) is 10.9. The molecule has 0 aliphatic heterocycles. The summed E-state index contributed by atoms with van der Waals surface area (Å²) >= 11 is 3.37. The van der Waals surface area contributed by atoms with Crippen LogP contribution in [0.2, 0.25) is 0 Å². The number of amides is 1. The minimum absolute atomic E-state index is 0.138. The third kappa shape index (κ3) is 3.04. The van der Waals surface area contributed by atoms with E-state index in [0.29, 0.717) is 16.1 Å². The van der Waals surface area contributed by atoms with E-state index < -0.39 is 0 Å². The predicted octanol–water partition coefficient (Wildman–Crippen LogP) is 2.25. The van der Waals surface area contributed by atoms with Crippen LogP contribution in [0.4, 0.5) is 0 Å². The molecule has 0 fully saturated rings. The van der Waals surface area contributed by atoms with Crippen LogP contribution in [0.5, 0.6) is 0 Å². The second-order valence-corrected chi connectivity index (χ2v) is 5.72. The third-order valence-electron chi connectivity index (χ3n) is 2.66. The van der Waals surface area contributed by atoms with Gasteiger partial charge in [-0.05, 0) is 22.0 Å². The van der Waals surface area contributed by atoms with Crippen molar-refractivity contribution in [2.45, 2.75) is 19.8 Å². The summed E-state index contributed by atoms with van der Waals surface area (Å²) in [6.45, 7) is 4.05. The summed E-state index contributed by atoms with van der Waals surface area (Å²) in [7, 11) is 3.39. The average Bonchev–Trinajstić information content (AvgIpc) is 2.86. The lowest BCUT2D eigenvalue weighted by Gasteiger charge is -2.08. The molecule has 0 bridgehead atoms. The summed E-state index contributed by atoms with van der Waals surface area (Å²) < 4.78 is 2.27. The third-order valence-corrected chi connectivity index (χ3v) is 3.07. The molecule has 0 saturated carbocycles. The van der Waals surface area contributed by atoms with Crippen molar-refractivity contribution in [2.75, 3.05) is 14.1 Å². The molecule has 0 unspecified atom stereocenters. The van der Waals surface area contributed by atoms with E-state index in [-0.39, 0.29) is 11.8 Å². The number of aromatic nitrogens is 4. The van der Waals surface area contributed by atoms with E-state index in [1.165, 1.54) is 4.90 Å². The van der Waals surface area contributed by atoms with Gasteiger partial charge < -0.3 is 4.90 Å². The van der Waals surface area contributed by atoms with Gasteiger partial charge in [-0.25, -0.2) is 14.6 Å². The highest BCUT2D eigenvalue weighted by Gasteiger charge is 2.14. The Hall–Kier alpha value is -1.76. The summed E-state index contributed by atoms with van der Waals surface area (Å²) in [6.07, 6.45) is 1.72. The second-order valence-electron chi connectivity index (χ2n) is 4.91. The fraction of sp³-hybridized carbons (Fsp3) is 0.385. The monoisotopic (exact) mass is 337 g/mol. The standard InChI is InChI=1S/C13H16BrN5O/c1-8(2)12-15-10(14)7-11(16-12)19-6-5-9(17-19)13(20)18(3)4/h5-8H,1-4H3. The molecule has 0 spiro atoms. The molecule has 7 heteroatoms. The van der Waals surface area contributed by atoms with Crippen LogP contribution >= 0.6 is 15.9 Å². The predicted molar refractivity (Wildman–Crippen MR) is 79.0 cm³/mol. The molecule has 20 heavy (non-hydrogen) atoms. The van der Waals surface area contributed by atoms with E-state index in [1.807, 2.05) is 13.8 Å². The van der Waals surface area contributed by atoms with E-state index in [0.717, 1.165) is 5.82 Å². The Morgan fingerprint density at radius 3 is 2.65 bits per heavy atom. The van der Waals surface area contributed by atoms with Gasteiger partial charge in [-0.15, -0.1) is 0 Å². The highest BCUT2D eigenvalue weighted by atomic mass is 79.9. The van der Waals surface area contributed by atoms with E-state index in [9.17, 15) is 4.79 Å². The van der Waals surface area contributed by atoms with Gasteiger partial charge in [0, 0.05) is 32.3 Å². The van der Waals surface area contributed by atoms with Crippen LogP contribution in [-0.4, -0.2) is 44.7 Å². The fourth-order valence-corrected chi connectivity index (χ4v) is 1.98. The Morgan fingerprint density at radius 2 is 2.05 bits per heavy atom. The van der Waals surface area contributed by atoms with Gasteiger partial charge in [0.2, 0.25) is 0 Å². The molecule has 106 valence electrons. The SMILES string of the molecule is CC(C)c1nc(Br)cc(-n2ccc(C(=O)N(C)C)n2)n1. The van der Waals surface area contributed by atoms with Crippen LogP contribution in [0, 0.1) is 0 Å². The zero-order valence-electron chi connectivity index (χ0n) is 11.8. The minimum Gasteiger partial charge on any atom is -0.343 e. The van der Waals surface area contributed by atoms with E-state index >= 15 is 0 Å². The van der Waals surface area contributed by atoms with Crippen molar-refractivity contribution in [3.63, 3.8) is 0 Å². The molecule has 2 aromatic rings. The van der Waals surface area contributed by atoms with Crippen molar-refractivity contribution in [2.24, 2.45) is 0 Å². The molecule has 0 saturated heterocycles. The van der Waals surface area contributed by atoms with Crippen molar-refractivity contribution in [3.8, 4) is 5.82 Å². The van der Waals surface area contributed by atoms with Crippen LogP contribution in [0.1, 0.15) is 36.1 Å². The fourth-order valence-electron chi connectivity index (χ4n) is 1.59. The average molecular weight is 338 g/mol. The molecule has 2 heterocycles. The quantitative estimate of drug-likeness (QED) is 0.806. The van der Waals surface area contributed by atoms with Gasteiger partial charge in [0.15, 0.2) is 11.5 Å². The molecule has 1 amide bonds. The maximum Gasteiger partial charge on any atom is 0.273 e. The molecular formula is C13H16BrN5O. The molecule has 0 radical (unpaired) electrons. The number of carbonyl (C=O) groups excluding carboxylic acids is 1. The zero-order chi connectivity index (χ0) is 14.9. The minimum atomic E-state index is -0.138. The topological polar surface area (TPSA) is 63.9 Å². The van der Waals surface area contributed by atoms with Gasteiger partial charge in [-0.3, -0.25) is 4.79 Å². The van der Waals surface area contributed by atoms with E-state index in [2.05, 4.69) is 31.0 Å². The van der Waals surface area contributed by atoms with Crippen molar-refractivity contribution in [1.29, 1.82) is 0 Å².